The van der Waals surface area contributed by atoms with Gasteiger partial charge >= 0.3 is 28.4 Å². The minimum Gasteiger partial charge on any atom is -1.00 e. The van der Waals surface area contributed by atoms with Crippen LogP contribution in [0.3, 0.4) is 0 Å². The van der Waals surface area contributed by atoms with Crippen molar-refractivity contribution in [1.82, 2.24) is 0 Å². The molecule has 2 unspecified atom stereocenters. The molecule has 0 spiro atoms. The summed E-state index contributed by atoms with van der Waals surface area (Å²) in [5, 5.41) is 0. The molecule has 2 rings (SSSR count). The smallest absolute Gasteiger partial charge is 1.00 e. The third-order valence-electron chi connectivity index (χ3n) is 3.11. The van der Waals surface area contributed by atoms with Crippen LogP contribution >= 0.6 is 0 Å². The molecular weight excluding hydrogens is 366 g/mol. The van der Waals surface area contributed by atoms with E-state index in [-0.39, 0.29) is 24.8 Å². The van der Waals surface area contributed by atoms with E-state index in [2.05, 4.69) is 70.1 Å². The summed E-state index contributed by atoms with van der Waals surface area (Å²) in [6.45, 7) is 12.8. The van der Waals surface area contributed by atoms with E-state index in [0.717, 1.165) is 0 Å². The first kappa shape index (κ1) is 25.3. The molecule has 0 radical (unpaired) electrons. The first-order chi connectivity index (χ1) is 8.40. The molecule has 0 aliphatic heterocycles. The zero-order valence-corrected chi connectivity index (χ0v) is 17.2. The average molecular weight is 391 g/mol. The molecule has 3 heteroatoms. The Kier molecular flexibility index (Phi) is 16.4. The molecular formula is C17H24Cl2Zr-2. The molecule has 20 heavy (non-hydrogen) atoms. The summed E-state index contributed by atoms with van der Waals surface area (Å²) in [7, 11) is 0. The summed E-state index contributed by atoms with van der Waals surface area (Å²) in [6.07, 6.45) is 11.0. The van der Waals surface area contributed by atoms with E-state index >= 15 is 0 Å². The molecule has 0 saturated heterocycles. The Hall–Kier alpha value is 0.293. The maximum absolute atomic E-state index is 3.34. The third-order valence-corrected chi connectivity index (χ3v) is 3.11. The van der Waals surface area contributed by atoms with Crippen molar-refractivity contribution in [2.24, 2.45) is 11.8 Å². The van der Waals surface area contributed by atoms with Crippen molar-refractivity contribution in [3.05, 3.63) is 46.6 Å². The van der Waals surface area contributed by atoms with Gasteiger partial charge in [-0.2, -0.15) is 11.6 Å². The first-order valence-electron chi connectivity index (χ1n) is 6.32. The summed E-state index contributed by atoms with van der Waals surface area (Å²) in [6, 6.07) is 0. The monoisotopic (exact) mass is 388 g/mol. The summed E-state index contributed by atoms with van der Waals surface area (Å²) in [4.78, 5) is 0. The van der Waals surface area contributed by atoms with Crippen molar-refractivity contribution in [2.45, 2.75) is 41.5 Å². The number of hydrogen-bond acceptors (Lipinski definition) is 0. The minimum atomic E-state index is 0. The van der Waals surface area contributed by atoms with Crippen LogP contribution in [-0.2, 0) is 24.2 Å². The van der Waals surface area contributed by atoms with Crippen LogP contribution in [0, 0.1) is 24.0 Å². The summed E-state index contributed by atoms with van der Waals surface area (Å²) >= 11 is 1.30. The minimum absolute atomic E-state index is 0. The van der Waals surface area contributed by atoms with Gasteiger partial charge in [-0.3, -0.25) is 12.2 Å². The van der Waals surface area contributed by atoms with Gasteiger partial charge in [0.15, 0.2) is 0 Å². The second-order valence-corrected chi connectivity index (χ2v) is 4.85. The molecule has 0 bridgehead atoms. The molecule has 2 atom stereocenters. The quantitative estimate of drug-likeness (QED) is 0.448. The van der Waals surface area contributed by atoms with Crippen molar-refractivity contribution in [3.8, 4) is 0 Å². The van der Waals surface area contributed by atoms with E-state index in [9.17, 15) is 0 Å². The molecule has 2 aliphatic carbocycles. The predicted molar refractivity (Wildman–Crippen MR) is 77.8 cm³/mol. The number of halogens is 2. The fourth-order valence-electron chi connectivity index (χ4n) is 1.96. The second kappa shape index (κ2) is 13.0. The van der Waals surface area contributed by atoms with Crippen molar-refractivity contribution in [2.75, 3.05) is 0 Å². The van der Waals surface area contributed by atoms with Gasteiger partial charge in [-0.1, -0.05) is 46.5 Å². The van der Waals surface area contributed by atoms with E-state index in [1.54, 1.807) is 0 Å². The zero-order chi connectivity index (χ0) is 14.3. The maximum Gasteiger partial charge on any atom is -1.00 e. The number of allylic oxidation sites excluding steroid dienone is 8. The van der Waals surface area contributed by atoms with Gasteiger partial charge in [-0.25, -0.2) is 22.8 Å². The van der Waals surface area contributed by atoms with Crippen LogP contribution in [-0.4, -0.2) is 4.21 Å². The van der Waals surface area contributed by atoms with Crippen molar-refractivity contribution < 1.29 is 49.0 Å². The predicted octanol–water partition coefficient (Wildman–Crippen LogP) is -1.36. The molecule has 0 heterocycles. The normalized spacial score (nSPS) is 22.4. The van der Waals surface area contributed by atoms with Gasteiger partial charge in [0.25, 0.3) is 0 Å². The first-order valence-corrected chi connectivity index (χ1v) is 8.06. The van der Waals surface area contributed by atoms with E-state index < -0.39 is 0 Å². The summed E-state index contributed by atoms with van der Waals surface area (Å²) in [5.74, 6) is 1.12. The Morgan fingerprint density at radius 3 is 1.60 bits per heavy atom. The average Bonchev–Trinajstić information content (AvgIpc) is 2.74. The van der Waals surface area contributed by atoms with Crippen LogP contribution in [0.4, 0.5) is 0 Å². The molecule has 0 aromatic heterocycles. The molecule has 0 aromatic rings. The van der Waals surface area contributed by atoms with Crippen LogP contribution in [0.5, 0.6) is 0 Å². The van der Waals surface area contributed by atoms with E-state index in [1.807, 2.05) is 0 Å². The Morgan fingerprint density at radius 1 is 1.00 bits per heavy atom. The van der Waals surface area contributed by atoms with Gasteiger partial charge in [0.2, 0.25) is 0 Å². The molecule has 0 aromatic carbocycles. The maximum atomic E-state index is 3.34. The Morgan fingerprint density at radius 2 is 1.50 bits per heavy atom. The standard InChI is InChI=1S/2C8H11.CH2.2ClH.Zr/c2*1-6-4-7(2)8(3)5-6;;;;/h4,8H,1-3H3;4,6H,1-3H3;1H2;2*1H;/q2*-1;;;;+2/p-2. The van der Waals surface area contributed by atoms with Crippen molar-refractivity contribution in [1.29, 1.82) is 0 Å². The third kappa shape index (κ3) is 9.27. The van der Waals surface area contributed by atoms with Gasteiger partial charge in [-0.15, -0.1) is 6.92 Å². The molecule has 0 amide bonds. The second-order valence-electron chi connectivity index (χ2n) is 4.85. The van der Waals surface area contributed by atoms with E-state index in [0.29, 0.717) is 11.8 Å². The summed E-state index contributed by atoms with van der Waals surface area (Å²) < 4.78 is 3.34. The number of hydrogen-bond donors (Lipinski definition) is 0. The fourth-order valence-corrected chi connectivity index (χ4v) is 1.96. The van der Waals surface area contributed by atoms with Gasteiger partial charge in [0, 0.05) is 0 Å². The van der Waals surface area contributed by atoms with Crippen LogP contribution in [0.25, 0.3) is 0 Å². The van der Waals surface area contributed by atoms with Gasteiger partial charge in [0.1, 0.15) is 0 Å². The molecule has 2 aliphatic rings. The Bertz CT molecular complexity index is 385. The topological polar surface area (TPSA) is 0 Å². The van der Waals surface area contributed by atoms with Crippen LogP contribution < -0.4 is 24.8 Å². The van der Waals surface area contributed by atoms with E-state index in [1.165, 1.54) is 46.5 Å². The zero-order valence-electron chi connectivity index (χ0n) is 13.3. The van der Waals surface area contributed by atoms with Gasteiger partial charge < -0.3 is 24.8 Å². The molecule has 0 fully saturated rings. The van der Waals surface area contributed by atoms with Crippen molar-refractivity contribution in [3.63, 3.8) is 0 Å². The van der Waals surface area contributed by atoms with Gasteiger partial charge in [0.05, 0.1) is 0 Å². The Balaban J connectivity index is -0.000000236. The molecule has 0 nitrogen and oxygen atoms in total. The number of rotatable bonds is 0. The molecule has 112 valence electrons. The fraction of sp³-hybridized carbons (Fsp3) is 0.471. The Labute approximate surface area is 152 Å². The van der Waals surface area contributed by atoms with Crippen LogP contribution in [0.15, 0.2) is 34.4 Å². The van der Waals surface area contributed by atoms with E-state index in [4.69, 9.17) is 0 Å². The van der Waals surface area contributed by atoms with Gasteiger partial charge in [-0.05, 0) is 0 Å². The summed E-state index contributed by atoms with van der Waals surface area (Å²) in [5.41, 5.74) is 5.42. The van der Waals surface area contributed by atoms with Crippen molar-refractivity contribution >= 4 is 4.21 Å². The largest absolute Gasteiger partial charge is 1.00 e. The van der Waals surface area contributed by atoms with Crippen LogP contribution in [0.1, 0.15) is 41.5 Å². The molecule has 0 saturated carbocycles. The SMILES string of the molecule is CC1=[C-]C(C)C(C)=C1.CC1=[C-]C(C)C=C1C.[CH2]=[Zr+2].[Cl-].[Cl-]. The molecule has 0 N–H and O–H groups in total. The van der Waals surface area contributed by atoms with Crippen LogP contribution in [0.2, 0.25) is 0 Å².